The Kier molecular flexibility index (Phi) is 4.66. The molecule has 0 radical (unpaired) electrons. The summed E-state index contributed by atoms with van der Waals surface area (Å²) in [6, 6.07) is 14.7. The quantitative estimate of drug-likeness (QED) is 0.773. The molecule has 5 nitrogen and oxygen atoms in total. The molecule has 0 saturated heterocycles. The minimum atomic E-state index is -0.572. The maximum absolute atomic E-state index is 12.5. The number of aryl methyl sites for hydroxylation is 1. The number of rotatable bonds is 5. The van der Waals surface area contributed by atoms with Crippen LogP contribution in [0.3, 0.4) is 0 Å². The van der Waals surface area contributed by atoms with Crippen molar-refractivity contribution in [2.45, 2.75) is 19.4 Å². The van der Waals surface area contributed by atoms with Gasteiger partial charge in [0.25, 0.3) is 5.91 Å². The molecule has 124 valence electrons. The lowest BCUT2D eigenvalue weighted by molar-refractivity contribution is -0.122. The summed E-state index contributed by atoms with van der Waals surface area (Å²) >= 11 is 1.16. The van der Waals surface area contributed by atoms with Crippen molar-refractivity contribution >= 4 is 33.1 Å². The first kappa shape index (κ1) is 16.3. The maximum atomic E-state index is 12.5. The SMILES string of the molecule is CC[C@@H](Oc1ccccc1)C(=O)Nc1ccc2c(c1)sc(=O)n2C. The molecule has 0 saturated carbocycles. The summed E-state index contributed by atoms with van der Waals surface area (Å²) in [4.78, 5) is 24.1. The van der Waals surface area contributed by atoms with Crippen LogP contribution in [-0.4, -0.2) is 16.6 Å². The van der Waals surface area contributed by atoms with Crippen molar-refractivity contribution in [3.05, 3.63) is 58.2 Å². The fourth-order valence-electron chi connectivity index (χ4n) is 2.42. The number of anilines is 1. The number of nitrogens with one attached hydrogen (secondary N) is 1. The molecule has 0 spiro atoms. The largest absolute Gasteiger partial charge is 0.481 e. The van der Waals surface area contributed by atoms with Gasteiger partial charge in [0.15, 0.2) is 6.10 Å². The van der Waals surface area contributed by atoms with Gasteiger partial charge in [-0.15, -0.1) is 0 Å². The van der Waals surface area contributed by atoms with Crippen LogP contribution >= 0.6 is 11.3 Å². The first-order chi connectivity index (χ1) is 11.6. The topological polar surface area (TPSA) is 60.3 Å². The van der Waals surface area contributed by atoms with Gasteiger partial charge in [-0.05, 0) is 36.8 Å². The highest BCUT2D eigenvalue weighted by molar-refractivity contribution is 7.16. The fourth-order valence-corrected chi connectivity index (χ4v) is 3.34. The van der Waals surface area contributed by atoms with Gasteiger partial charge in [0.05, 0.1) is 10.2 Å². The average molecular weight is 342 g/mol. The van der Waals surface area contributed by atoms with Crippen LogP contribution in [0.15, 0.2) is 53.3 Å². The second-order valence-corrected chi connectivity index (χ2v) is 6.42. The van der Waals surface area contributed by atoms with E-state index in [9.17, 15) is 9.59 Å². The number of nitrogens with zero attached hydrogens (tertiary/aromatic N) is 1. The Morgan fingerprint density at radius 2 is 2.00 bits per heavy atom. The standard InChI is InChI=1S/C18H18N2O3S/c1-3-15(23-13-7-5-4-6-8-13)17(21)19-12-9-10-14-16(11-12)24-18(22)20(14)2/h4-11,15H,3H2,1-2H3,(H,19,21)/t15-/m1/s1. The molecule has 3 rings (SSSR count). The van der Waals surface area contributed by atoms with Crippen molar-refractivity contribution in [2.75, 3.05) is 5.32 Å². The molecule has 24 heavy (non-hydrogen) atoms. The molecule has 0 fully saturated rings. The minimum Gasteiger partial charge on any atom is -0.481 e. The van der Waals surface area contributed by atoms with Crippen LogP contribution in [0.4, 0.5) is 5.69 Å². The zero-order valence-electron chi connectivity index (χ0n) is 13.5. The zero-order chi connectivity index (χ0) is 17.1. The minimum absolute atomic E-state index is 0.0210. The van der Waals surface area contributed by atoms with Crippen molar-refractivity contribution in [3.63, 3.8) is 0 Å². The van der Waals surface area contributed by atoms with Crippen molar-refractivity contribution in [2.24, 2.45) is 7.05 Å². The van der Waals surface area contributed by atoms with Gasteiger partial charge < -0.3 is 14.6 Å². The van der Waals surface area contributed by atoms with E-state index in [1.54, 1.807) is 17.7 Å². The van der Waals surface area contributed by atoms with E-state index in [4.69, 9.17) is 4.74 Å². The van der Waals surface area contributed by atoms with Crippen LogP contribution in [0.5, 0.6) is 5.75 Å². The number of aromatic nitrogens is 1. The van der Waals surface area contributed by atoms with E-state index in [1.807, 2.05) is 49.4 Å². The van der Waals surface area contributed by atoms with E-state index < -0.39 is 6.10 Å². The fraction of sp³-hybridized carbons (Fsp3) is 0.222. The molecule has 0 aliphatic heterocycles. The van der Waals surface area contributed by atoms with E-state index in [-0.39, 0.29) is 10.8 Å². The van der Waals surface area contributed by atoms with Crippen molar-refractivity contribution in [3.8, 4) is 5.75 Å². The highest BCUT2D eigenvalue weighted by Crippen LogP contribution is 2.22. The maximum Gasteiger partial charge on any atom is 0.307 e. The smallest absolute Gasteiger partial charge is 0.307 e. The van der Waals surface area contributed by atoms with E-state index in [0.29, 0.717) is 17.9 Å². The third-order valence-corrected chi connectivity index (χ3v) is 4.74. The second kappa shape index (κ2) is 6.88. The number of carbonyl (C=O) groups is 1. The Balaban J connectivity index is 1.76. The third kappa shape index (κ3) is 3.33. The van der Waals surface area contributed by atoms with Crippen LogP contribution in [0, 0.1) is 0 Å². The lowest BCUT2D eigenvalue weighted by Gasteiger charge is -2.17. The molecule has 3 aromatic rings. The zero-order valence-corrected chi connectivity index (χ0v) is 14.3. The summed E-state index contributed by atoms with van der Waals surface area (Å²) < 4.78 is 8.19. The van der Waals surface area contributed by atoms with Crippen molar-refractivity contribution in [1.82, 2.24) is 4.57 Å². The number of ether oxygens (including phenoxy) is 1. The molecule has 1 aromatic heterocycles. The summed E-state index contributed by atoms with van der Waals surface area (Å²) in [5.41, 5.74) is 1.51. The number of amides is 1. The Bertz CT molecular complexity index is 915. The summed E-state index contributed by atoms with van der Waals surface area (Å²) in [5, 5.41) is 2.87. The molecule has 2 aromatic carbocycles. The highest BCUT2D eigenvalue weighted by Gasteiger charge is 2.18. The van der Waals surface area contributed by atoms with Crippen LogP contribution in [0.25, 0.3) is 10.2 Å². The van der Waals surface area contributed by atoms with Gasteiger partial charge in [-0.3, -0.25) is 9.59 Å². The number of hydrogen-bond acceptors (Lipinski definition) is 4. The normalized spacial score (nSPS) is 12.1. The van der Waals surface area contributed by atoms with Gasteiger partial charge in [0, 0.05) is 12.7 Å². The molecule has 6 heteroatoms. The van der Waals surface area contributed by atoms with Crippen LogP contribution in [0.2, 0.25) is 0 Å². The number of hydrogen-bond donors (Lipinski definition) is 1. The predicted octanol–water partition coefficient (Wildman–Crippen LogP) is 3.40. The first-order valence-corrected chi connectivity index (χ1v) is 8.52. The number of benzene rings is 2. The highest BCUT2D eigenvalue weighted by atomic mass is 32.1. The molecular weight excluding hydrogens is 324 g/mol. The van der Waals surface area contributed by atoms with Crippen LogP contribution in [0.1, 0.15) is 13.3 Å². The Morgan fingerprint density at radius 3 is 2.71 bits per heavy atom. The molecule has 1 atom stereocenters. The average Bonchev–Trinajstić information content (AvgIpc) is 2.87. The Hall–Kier alpha value is -2.60. The number of carbonyl (C=O) groups excluding carboxylic acids is 1. The summed E-state index contributed by atoms with van der Waals surface area (Å²) in [5.74, 6) is 0.459. The second-order valence-electron chi connectivity index (χ2n) is 5.43. The monoisotopic (exact) mass is 342 g/mol. The van der Waals surface area contributed by atoms with Gasteiger partial charge in [0.1, 0.15) is 5.75 Å². The Labute approximate surface area is 143 Å². The van der Waals surface area contributed by atoms with Gasteiger partial charge >= 0.3 is 4.87 Å². The van der Waals surface area contributed by atoms with Gasteiger partial charge in [0.2, 0.25) is 0 Å². The summed E-state index contributed by atoms with van der Waals surface area (Å²) in [6.45, 7) is 1.90. The third-order valence-electron chi connectivity index (χ3n) is 3.74. The summed E-state index contributed by atoms with van der Waals surface area (Å²) in [6.07, 6.45) is -0.0145. The molecule has 1 heterocycles. The van der Waals surface area contributed by atoms with E-state index in [1.165, 1.54) is 0 Å². The molecular formula is C18H18N2O3S. The predicted molar refractivity (Wildman–Crippen MR) is 96.8 cm³/mol. The van der Waals surface area contributed by atoms with Gasteiger partial charge in [-0.25, -0.2) is 0 Å². The van der Waals surface area contributed by atoms with Gasteiger partial charge in [-0.2, -0.15) is 0 Å². The molecule has 0 aliphatic carbocycles. The lowest BCUT2D eigenvalue weighted by Crippen LogP contribution is -2.32. The lowest BCUT2D eigenvalue weighted by atomic mass is 10.2. The number of thiazole rings is 1. The summed E-state index contributed by atoms with van der Waals surface area (Å²) in [7, 11) is 1.74. The van der Waals surface area contributed by atoms with Crippen LogP contribution in [-0.2, 0) is 11.8 Å². The Morgan fingerprint density at radius 1 is 1.25 bits per heavy atom. The van der Waals surface area contributed by atoms with Crippen molar-refractivity contribution < 1.29 is 9.53 Å². The molecule has 0 bridgehead atoms. The number of fused-ring (bicyclic) bond motifs is 1. The van der Waals surface area contributed by atoms with Crippen LogP contribution < -0.4 is 14.9 Å². The number of para-hydroxylation sites is 1. The van der Waals surface area contributed by atoms with Crippen molar-refractivity contribution in [1.29, 1.82) is 0 Å². The molecule has 1 N–H and O–H groups in total. The molecule has 0 unspecified atom stereocenters. The molecule has 1 amide bonds. The van der Waals surface area contributed by atoms with E-state index in [0.717, 1.165) is 21.6 Å². The van der Waals surface area contributed by atoms with E-state index >= 15 is 0 Å². The van der Waals surface area contributed by atoms with E-state index in [2.05, 4.69) is 5.32 Å². The van der Waals surface area contributed by atoms with Gasteiger partial charge in [-0.1, -0.05) is 36.5 Å². The molecule has 0 aliphatic rings. The first-order valence-electron chi connectivity index (χ1n) is 7.70.